The molecule has 3 aromatic carbocycles. The van der Waals surface area contributed by atoms with Gasteiger partial charge in [0.1, 0.15) is 0 Å². The van der Waals surface area contributed by atoms with Crippen molar-refractivity contribution in [2.45, 2.75) is 49.8 Å². The van der Waals surface area contributed by atoms with E-state index in [0.717, 1.165) is 11.5 Å². The average Bonchev–Trinajstić information content (AvgIpc) is 2.88. The summed E-state index contributed by atoms with van der Waals surface area (Å²) in [6.07, 6.45) is 0.638. The predicted molar refractivity (Wildman–Crippen MR) is 156 cm³/mol. The Morgan fingerprint density at radius 2 is 1.67 bits per heavy atom. The van der Waals surface area contributed by atoms with E-state index in [2.05, 4.69) is 21.4 Å². The molecule has 0 aromatic heterocycles. The summed E-state index contributed by atoms with van der Waals surface area (Å²) in [4.78, 5) is 13.1. The van der Waals surface area contributed by atoms with Crippen LogP contribution in [0.15, 0.2) is 77.7 Å². The minimum atomic E-state index is -3.75. The normalized spacial score (nSPS) is 15.1. The maximum absolute atomic E-state index is 13.0. The van der Waals surface area contributed by atoms with Crippen molar-refractivity contribution in [2.75, 3.05) is 22.1 Å². The Morgan fingerprint density at radius 1 is 0.974 bits per heavy atom. The summed E-state index contributed by atoms with van der Waals surface area (Å²) in [7, 11) is -3.75. The van der Waals surface area contributed by atoms with Crippen LogP contribution in [0.3, 0.4) is 0 Å². The van der Waals surface area contributed by atoms with Crippen LogP contribution in [0.25, 0.3) is 11.1 Å². The van der Waals surface area contributed by atoms with Gasteiger partial charge in [-0.1, -0.05) is 36.4 Å². The summed E-state index contributed by atoms with van der Waals surface area (Å²) >= 11 is 1.80. The molecule has 1 aliphatic heterocycles. The Labute approximate surface area is 234 Å². The molecule has 4 rings (SSSR count). The molecule has 1 amide bonds. The quantitative estimate of drug-likeness (QED) is 0.293. The van der Waals surface area contributed by atoms with Crippen LogP contribution >= 0.6 is 11.8 Å². The number of sulfonamides is 1. The summed E-state index contributed by atoms with van der Waals surface area (Å²) < 4.78 is 34.7. The van der Waals surface area contributed by atoms with Gasteiger partial charge in [0.15, 0.2) is 5.72 Å². The molecule has 204 valence electrons. The minimum Gasteiger partial charge on any atom is -0.423 e. The molecule has 1 aliphatic rings. The number of ether oxygens (including phenoxy) is 1. The van der Waals surface area contributed by atoms with Crippen LogP contribution < -0.4 is 15.4 Å². The zero-order valence-electron chi connectivity index (χ0n) is 22.2. The Hall–Kier alpha value is -3.52. The molecule has 8 nitrogen and oxygen atoms in total. The molecule has 0 spiro atoms. The SMILES string of the molecule is CC(C)(C)NS(=O)(=O)c1ccccc1-c1ccc(NC(=O)OC2(Nc3cccc(C#N)c3)CCSCC2)cc1. The van der Waals surface area contributed by atoms with Crippen LogP contribution in [-0.4, -0.2) is 37.3 Å². The molecular formula is C29H32N4O4S2. The highest BCUT2D eigenvalue weighted by Crippen LogP contribution is 2.33. The van der Waals surface area contributed by atoms with Gasteiger partial charge in [-0.25, -0.2) is 17.9 Å². The highest BCUT2D eigenvalue weighted by atomic mass is 32.2. The Bertz CT molecular complexity index is 1470. The van der Waals surface area contributed by atoms with Gasteiger partial charge in [0.2, 0.25) is 10.0 Å². The second-order valence-electron chi connectivity index (χ2n) is 10.4. The van der Waals surface area contributed by atoms with Crippen molar-refractivity contribution < 1.29 is 17.9 Å². The van der Waals surface area contributed by atoms with Crippen LogP contribution in [0.4, 0.5) is 16.2 Å². The molecule has 0 saturated carbocycles. The van der Waals surface area contributed by atoms with Gasteiger partial charge < -0.3 is 10.1 Å². The number of hydrogen-bond donors (Lipinski definition) is 3. The van der Waals surface area contributed by atoms with Crippen LogP contribution in [0.5, 0.6) is 0 Å². The number of rotatable bonds is 7. The van der Waals surface area contributed by atoms with E-state index in [1.54, 1.807) is 99.3 Å². The van der Waals surface area contributed by atoms with Crippen molar-refractivity contribution in [2.24, 2.45) is 0 Å². The van der Waals surface area contributed by atoms with Crippen molar-refractivity contribution in [1.29, 1.82) is 5.26 Å². The number of hydrogen-bond acceptors (Lipinski definition) is 7. The predicted octanol–water partition coefficient (Wildman–Crippen LogP) is 6.19. The summed E-state index contributed by atoms with van der Waals surface area (Å²) in [5.74, 6) is 1.67. The van der Waals surface area contributed by atoms with E-state index >= 15 is 0 Å². The van der Waals surface area contributed by atoms with Gasteiger partial charge in [0, 0.05) is 35.3 Å². The van der Waals surface area contributed by atoms with Gasteiger partial charge in [0.25, 0.3) is 0 Å². The van der Waals surface area contributed by atoms with Crippen molar-refractivity contribution in [3.8, 4) is 17.2 Å². The second kappa shape index (κ2) is 11.7. The molecule has 0 bridgehead atoms. The lowest BCUT2D eigenvalue weighted by Gasteiger charge is -2.37. The third-order valence-corrected chi connectivity index (χ3v) is 8.81. The summed E-state index contributed by atoms with van der Waals surface area (Å²) in [5.41, 5.74) is 1.50. The van der Waals surface area contributed by atoms with Crippen LogP contribution in [-0.2, 0) is 14.8 Å². The van der Waals surface area contributed by atoms with E-state index in [1.165, 1.54) is 0 Å². The van der Waals surface area contributed by atoms with E-state index in [4.69, 9.17) is 4.74 Å². The fraction of sp³-hybridized carbons (Fsp3) is 0.310. The van der Waals surface area contributed by atoms with E-state index in [9.17, 15) is 18.5 Å². The van der Waals surface area contributed by atoms with E-state index < -0.39 is 27.4 Å². The molecule has 1 saturated heterocycles. The zero-order chi connectivity index (χ0) is 28.1. The van der Waals surface area contributed by atoms with Gasteiger partial charge in [-0.3, -0.25) is 5.32 Å². The van der Waals surface area contributed by atoms with Gasteiger partial charge in [-0.05, 0) is 74.2 Å². The number of carbonyl (C=O) groups is 1. The van der Waals surface area contributed by atoms with E-state index in [-0.39, 0.29) is 4.90 Å². The van der Waals surface area contributed by atoms with Crippen LogP contribution in [0.1, 0.15) is 39.2 Å². The molecule has 1 fully saturated rings. The van der Waals surface area contributed by atoms with Gasteiger partial charge in [-0.2, -0.15) is 17.0 Å². The number of nitrogens with one attached hydrogen (secondary N) is 3. The summed E-state index contributed by atoms with van der Waals surface area (Å²) in [6, 6.07) is 23.0. The first kappa shape index (κ1) is 28.5. The molecule has 0 atom stereocenters. The Balaban J connectivity index is 1.49. The standard InChI is InChI=1S/C29H32N4O4S2/c1-28(2,3)33-39(35,36)26-10-5-4-9-25(26)22-11-13-23(14-12-22)31-27(34)37-29(15-17-38-18-16-29)32-24-8-6-7-21(19-24)20-30/h4-14,19,32-33H,15-18H2,1-3H3,(H,31,34). The maximum atomic E-state index is 13.0. The summed E-state index contributed by atoms with van der Waals surface area (Å²) in [5, 5.41) is 15.4. The fourth-order valence-electron chi connectivity index (χ4n) is 4.33. The topological polar surface area (TPSA) is 120 Å². The lowest BCUT2D eigenvalue weighted by Crippen LogP contribution is -2.47. The molecule has 0 unspecified atom stereocenters. The Morgan fingerprint density at radius 3 is 2.33 bits per heavy atom. The minimum absolute atomic E-state index is 0.184. The van der Waals surface area contributed by atoms with Crippen molar-refractivity contribution in [1.82, 2.24) is 4.72 Å². The molecule has 0 aliphatic carbocycles. The number of carbonyl (C=O) groups excluding carboxylic acids is 1. The smallest absolute Gasteiger partial charge is 0.413 e. The average molecular weight is 565 g/mol. The van der Waals surface area contributed by atoms with Crippen molar-refractivity contribution >= 4 is 39.3 Å². The monoisotopic (exact) mass is 564 g/mol. The van der Waals surface area contributed by atoms with Crippen LogP contribution in [0, 0.1) is 11.3 Å². The van der Waals surface area contributed by atoms with E-state index in [1.807, 2.05) is 6.07 Å². The molecular weight excluding hydrogens is 532 g/mol. The van der Waals surface area contributed by atoms with Crippen molar-refractivity contribution in [3.05, 3.63) is 78.4 Å². The third-order valence-electron chi connectivity index (χ3n) is 6.01. The van der Waals surface area contributed by atoms with Crippen molar-refractivity contribution in [3.63, 3.8) is 0 Å². The fourth-order valence-corrected chi connectivity index (χ4v) is 7.14. The van der Waals surface area contributed by atoms with Gasteiger partial charge >= 0.3 is 6.09 Å². The highest BCUT2D eigenvalue weighted by molar-refractivity contribution is 7.99. The third kappa shape index (κ3) is 7.53. The molecule has 3 aromatic rings. The first-order chi connectivity index (χ1) is 18.5. The second-order valence-corrected chi connectivity index (χ2v) is 13.2. The number of amides is 1. The lowest BCUT2D eigenvalue weighted by atomic mass is 10.1. The lowest BCUT2D eigenvalue weighted by molar-refractivity contribution is 0.0354. The van der Waals surface area contributed by atoms with Gasteiger partial charge in [-0.15, -0.1) is 0 Å². The maximum Gasteiger partial charge on any atom is 0.413 e. The molecule has 3 N–H and O–H groups in total. The molecule has 1 heterocycles. The first-order valence-corrected chi connectivity index (χ1v) is 15.2. The number of thioether (sulfide) groups is 1. The zero-order valence-corrected chi connectivity index (χ0v) is 23.8. The first-order valence-electron chi connectivity index (χ1n) is 12.6. The number of nitriles is 1. The molecule has 0 radical (unpaired) electrons. The Kier molecular flexibility index (Phi) is 8.54. The largest absolute Gasteiger partial charge is 0.423 e. The van der Waals surface area contributed by atoms with Gasteiger partial charge in [0.05, 0.1) is 16.5 Å². The summed E-state index contributed by atoms with van der Waals surface area (Å²) in [6.45, 7) is 5.38. The van der Waals surface area contributed by atoms with Crippen LogP contribution in [0.2, 0.25) is 0 Å². The number of nitrogens with zero attached hydrogens (tertiary/aromatic N) is 1. The van der Waals surface area contributed by atoms with E-state index in [0.29, 0.717) is 40.9 Å². The highest BCUT2D eigenvalue weighted by Gasteiger charge is 2.36. The number of benzene rings is 3. The number of anilines is 2. The molecule has 10 heteroatoms. The molecule has 39 heavy (non-hydrogen) atoms.